The summed E-state index contributed by atoms with van der Waals surface area (Å²) < 4.78 is 32.0. The van der Waals surface area contributed by atoms with Gasteiger partial charge in [-0.05, 0) is 54.7 Å². The zero-order chi connectivity index (χ0) is 30.8. The highest BCUT2D eigenvalue weighted by Crippen LogP contribution is 2.25. The van der Waals surface area contributed by atoms with Gasteiger partial charge in [0.1, 0.15) is 11.8 Å². The Balaban J connectivity index is 1.59. The summed E-state index contributed by atoms with van der Waals surface area (Å²) in [6, 6.07) is 23.1. The van der Waals surface area contributed by atoms with Crippen molar-refractivity contribution in [3.63, 3.8) is 0 Å². The lowest BCUT2D eigenvalue weighted by Gasteiger charge is -2.33. The molecule has 4 rings (SSSR count). The summed E-state index contributed by atoms with van der Waals surface area (Å²) in [5.74, 6) is 0.119. The van der Waals surface area contributed by atoms with Crippen LogP contribution in [0.25, 0.3) is 0 Å². The van der Waals surface area contributed by atoms with E-state index in [0.29, 0.717) is 22.9 Å². The third-order valence-electron chi connectivity index (χ3n) is 7.71. The number of nitrogens with one attached hydrogen (secondary N) is 1. The van der Waals surface area contributed by atoms with Crippen molar-refractivity contribution < 1.29 is 22.7 Å². The topological polar surface area (TPSA) is 96.0 Å². The van der Waals surface area contributed by atoms with Gasteiger partial charge in [-0.25, -0.2) is 8.42 Å². The summed E-state index contributed by atoms with van der Waals surface area (Å²) in [5, 5.41) is 3.74. The van der Waals surface area contributed by atoms with Gasteiger partial charge in [0.05, 0.1) is 19.1 Å². The van der Waals surface area contributed by atoms with E-state index in [4.69, 9.17) is 16.3 Å². The van der Waals surface area contributed by atoms with E-state index < -0.39 is 16.1 Å². The van der Waals surface area contributed by atoms with Crippen LogP contribution in [-0.2, 0) is 32.6 Å². The lowest BCUT2D eigenvalue weighted by atomic mass is 10.0. The van der Waals surface area contributed by atoms with Crippen LogP contribution in [0.2, 0.25) is 5.02 Å². The molecule has 230 valence electrons. The number of amides is 2. The maximum atomic E-state index is 14.0. The van der Waals surface area contributed by atoms with Crippen molar-refractivity contribution in [2.45, 2.75) is 63.6 Å². The molecule has 10 heteroatoms. The van der Waals surface area contributed by atoms with Crippen LogP contribution in [0, 0.1) is 0 Å². The summed E-state index contributed by atoms with van der Waals surface area (Å²) in [5.41, 5.74) is 2.21. The van der Waals surface area contributed by atoms with Gasteiger partial charge in [0.25, 0.3) is 0 Å². The number of benzene rings is 3. The predicted molar refractivity (Wildman–Crippen MR) is 171 cm³/mol. The van der Waals surface area contributed by atoms with Gasteiger partial charge in [0.15, 0.2) is 0 Å². The van der Waals surface area contributed by atoms with Crippen LogP contribution in [0.1, 0.15) is 49.7 Å². The number of rotatable bonds is 14. The smallest absolute Gasteiger partial charge is 0.243 e. The Kier molecular flexibility index (Phi) is 11.5. The van der Waals surface area contributed by atoms with Gasteiger partial charge in [-0.2, -0.15) is 0 Å². The first-order valence-corrected chi connectivity index (χ1v) is 16.9. The largest absolute Gasteiger partial charge is 0.497 e. The van der Waals surface area contributed by atoms with Crippen LogP contribution in [0.15, 0.2) is 78.9 Å². The van der Waals surface area contributed by atoms with Crippen molar-refractivity contribution in [2.75, 3.05) is 24.2 Å². The average molecular weight is 626 g/mol. The second-order valence-corrected chi connectivity index (χ2v) is 13.3. The molecule has 43 heavy (non-hydrogen) atoms. The van der Waals surface area contributed by atoms with Crippen LogP contribution in [0.4, 0.5) is 5.69 Å². The van der Waals surface area contributed by atoms with E-state index in [1.165, 1.54) is 11.4 Å². The van der Waals surface area contributed by atoms with E-state index in [-0.39, 0.29) is 43.8 Å². The van der Waals surface area contributed by atoms with Crippen molar-refractivity contribution in [3.05, 3.63) is 95.0 Å². The molecule has 8 nitrogen and oxygen atoms in total. The minimum atomic E-state index is -3.62. The number of ether oxygens (including phenoxy) is 1. The van der Waals surface area contributed by atoms with Crippen LogP contribution in [-0.4, -0.2) is 57.1 Å². The molecule has 1 aliphatic carbocycles. The average Bonchev–Trinajstić information content (AvgIpc) is 3.50. The molecule has 0 spiro atoms. The number of halogens is 1. The highest BCUT2D eigenvalue weighted by atomic mass is 35.5. The van der Waals surface area contributed by atoms with E-state index in [9.17, 15) is 18.0 Å². The third-order valence-corrected chi connectivity index (χ3v) is 9.14. The lowest BCUT2D eigenvalue weighted by Crippen LogP contribution is -2.52. The van der Waals surface area contributed by atoms with Gasteiger partial charge in [-0.3, -0.25) is 13.9 Å². The van der Waals surface area contributed by atoms with E-state index >= 15 is 0 Å². The van der Waals surface area contributed by atoms with Gasteiger partial charge < -0.3 is 15.0 Å². The van der Waals surface area contributed by atoms with Crippen molar-refractivity contribution in [1.82, 2.24) is 10.2 Å². The number of sulfonamides is 1. The lowest BCUT2D eigenvalue weighted by molar-refractivity contribution is -0.141. The second-order valence-electron chi connectivity index (χ2n) is 11.0. The molecule has 1 saturated carbocycles. The van der Waals surface area contributed by atoms with Gasteiger partial charge in [0.2, 0.25) is 21.8 Å². The molecule has 3 aromatic rings. The van der Waals surface area contributed by atoms with Gasteiger partial charge in [-0.15, -0.1) is 0 Å². The number of methoxy groups -OCH3 is 1. The molecule has 1 atom stereocenters. The first-order valence-electron chi connectivity index (χ1n) is 14.6. The minimum absolute atomic E-state index is 0.0541. The Morgan fingerprint density at radius 1 is 0.977 bits per heavy atom. The summed E-state index contributed by atoms with van der Waals surface area (Å²) in [4.78, 5) is 29.5. The summed E-state index contributed by atoms with van der Waals surface area (Å²) in [6.07, 6.45) is 5.81. The molecular formula is C33H40ClN3O5S. The highest BCUT2D eigenvalue weighted by Gasteiger charge is 2.32. The van der Waals surface area contributed by atoms with Gasteiger partial charge >= 0.3 is 0 Å². The first kappa shape index (κ1) is 32.4. The Bertz CT molecular complexity index is 1480. The molecule has 0 saturated heterocycles. The van der Waals surface area contributed by atoms with Crippen LogP contribution < -0.4 is 14.4 Å². The minimum Gasteiger partial charge on any atom is -0.497 e. The molecule has 0 aliphatic heterocycles. The number of nitrogens with zero attached hydrogens (tertiary/aromatic N) is 2. The van der Waals surface area contributed by atoms with Crippen LogP contribution in [0.3, 0.4) is 0 Å². The second kappa shape index (κ2) is 15.3. The third kappa shape index (κ3) is 9.46. The molecule has 0 aromatic heterocycles. The predicted octanol–water partition coefficient (Wildman–Crippen LogP) is 5.59. The number of hydrogen-bond donors (Lipinski definition) is 1. The Hall–Kier alpha value is -3.56. The summed E-state index contributed by atoms with van der Waals surface area (Å²) in [6.45, 7) is 0.293. The number of hydrogen-bond acceptors (Lipinski definition) is 5. The van der Waals surface area contributed by atoms with Crippen LogP contribution >= 0.6 is 11.6 Å². The zero-order valence-electron chi connectivity index (χ0n) is 24.7. The first-order chi connectivity index (χ1) is 20.6. The van der Waals surface area contributed by atoms with Crippen molar-refractivity contribution in [2.24, 2.45) is 0 Å². The molecule has 1 fully saturated rings. The number of carbonyl (C=O) groups is 2. The molecule has 0 bridgehead atoms. The molecule has 0 heterocycles. The maximum Gasteiger partial charge on any atom is 0.243 e. The quantitative estimate of drug-likeness (QED) is 0.252. The molecular weight excluding hydrogens is 586 g/mol. The van der Waals surface area contributed by atoms with E-state index in [1.807, 2.05) is 42.5 Å². The Morgan fingerprint density at radius 3 is 2.35 bits per heavy atom. The van der Waals surface area contributed by atoms with E-state index in [0.717, 1.165) is 43.1 Å². The highest BCUT2D eigenvalue weighted by molar-refractivity contribution is 7.92. The van der Waals surface area contributed by atoms with Gasteiger partial charge in [-0.1, -0.05) is 73.0 Å². The Labute approximate surface area is 260 Å². The van der Waals surface area contributed by atoms with Crippen molar-refractivity contribution in [1.29, 1.82) is 0 Å². The SMILES string of the molecule is COc1cccc(N(CCCC(=O)N(Cc2cccc(Cl)c2)[C@H](Cc2ccccc2)C(=O)NC2CCCC2)S(C)(=O)=O)c1. The fraction of sp³-hybridized carbons (Fsp3) is 0.394. The fourth-order valence-corrected chi connectivity index (χ4v) is 6.69. The van der Waals surface area contributed by atoms with Crippen molar-refractivity contribution in [3.8, 4) is 5.75 Å². The molecule has 1 N–H and O–H groups in total. The summed E-state index contributed by atoms with van der Waals surface area (Å²) >= 11 is 6.28. The molecule has 1 aliphatic rings. The Morgan fingerprint density at radius 2 is 1.67 bits per heavy atom. The maximum absolute atomic E-state index is 14.0. The monoisotopic (exact) mass is 625 g/mol. The van der Waals surface area contributed by atoms with Crippen LogP contribution in [0.5, 0.6) is 5.75 Å². The van der Waals surface area contributed by atoms with E-state index in [1.54, 1.807) is 41.3 Å². The van der Waals surface area contributed by atoms with E-state index in [2.05, 4.69) is 5.32 Å². The summed E-state index contributed by atoms with van der Waals surface area (Å²) in [7, 11) is -2.10. The number of carbonyl (C=O) groups excluding carboxylic acids is 2. The molecule has 3 aromatic carbocycles. The zero-order valence-corrected chi connectivity index (χ0v) is 26.3. The standard InChI is InChI=1S/C33H40ClN3O5S/c1-42-30-18-9-17-29(23-30)37(43(2,40)41)20-10-19-32(38)36(24-26-13-8-14-27(34)21-26)31(22-25-11-4-3-5-12-25)33(39)35-28-15-6-7-16-28/h3-5,8-9,11-14,17-18,21,23,28,31H,6-7,10,15-16,19-20,22,24H2,1-2H3,(H,35,39)/t31-/m1/s1. The molecule has 0 unspecified atom stereocenters. The normalized spacial score (nSPS) is 14.2. The fourth-order valence-electron chi connectivity index (χ4n) is 5.52. The number of anilines is 1. The van der Waals surface area contributed by atoms with Gasteiger partial charge in [0, 0.05) is 43.1 Å². The molecule has 2 amide bonds. The van der Waals surface area contributed by atoms with Crippen molar-refractivity contribution >= 4 is 39.1 Å². The molecule has 0 radical (unpaired) electrons.